The SMILES string of the molecule is O=C(CSc1ccc2c(c1)CCC2)N(C1CCCC1)[C@@H]1CCS(=O)(=O)C1. The van der Waals surface area contributed by atoms with Gasteiger partial charge in [-0.3, -0.25) is 4.79 Å². The summed E-state index contributed by atoms with van der Waals surface area (Å²) in [5.41, 5.74) is 2.88. The fraction of sp³-hybridized carbons (Fsp3) is 0.650. The highest BCUT2D eigenvalue weighted by Crippen LogP contribution is 2.31. The van der Waals surface area contributed by atoms with Gasteiger partial charge in [0.1, 0.15) is 0 Å². The van der Waals surface area contributed by atoms with E-state index >= 15 is 0 Å². The van der Waals surface area contributed by atoms with E-state index in [1.165, 1.54) is 24.0 Å². The Morgan fingerprint density at radius 2 is 1.81 bits per heavy atom. The maximum Gasteiger partial charge on any atom is 0.233 e. The summed E-state index contributed by atoms with van der Waals surface area (Å²) >= 11 is 1.60. The largest absolute Gasteiger partial charge is 0.335 e. The third-order valence-corrected chi connectivity index (χ3v) is 8.77. The maximum atomic E-state index is 13.0. The Bertz CT molecular complexity index is 784. The molecule has 1 amide bonds. The molecule has 0 N–H and O–H groups in total. The van der Waals surface area contributed by atoms with Gasteiger partial charge in [0.05, 0.1) is 17.3 Å². The van der Waals surface area contributed by atoms with Crippen LogP contribution in [0.1, 0.15) is 49.7 Å². The van der Waals surface area contributed by atoms with Crippen molar-refractivity contribution in [3.8, 4) is 0 Å². The monoisotopic (exact) mass is 393 g/mol. The molecule has 1 atom stereocenters. The summed E-state index contributed by atoms with van der Waals surface area (Å²) in [5, 5.41) is 0. The van der Waals surface area contributed by atoms with E-state index in [9.17, 15) is 13.2 Å². The van der Waals surface area contributed by atoms with Gasteiger partial charge in [0.2, 0.25) is 5.91 Å². The molecule has 6 heteroatoms. The van der Waals surface area contributed by atoms with Crippen molar-refractivity contribution in [1.82, 2.24) is 4.90 Å². The van der Waals surface area contributed by atoms with Crippen molar-refractivity contribution in [3.05, 3.63) is 29.3 Å². The third kappa shape index (κ3) is 3.96. The molecule has 0 unspecified atom stereocenters. The first-order chi connectivity index (χ1) is 12.5. The molecule has 2 fully saturated rings. The first-order valence-corrected chi connectivity index (χ1v) is 12.6. The highest BCUT2D eigenvalue weighted by atomic mass is 32.2. The number of fused-ring (bicyclic) bond motifs is 1. The van der Waals surface area contributed by atoms with Gasteiger partial charge < -0.3 is 4.90 Å². The van der Waals surface area contributed by atoms with Crippen LogP contribution >= 0.6 is 11.8 Å². The van der Waals surface area contributed by atoms with E-state index in [2.05, 4.69) is 18.2 Å². The van der Waals surface area contributed by atoms with Crippen LogP contribution < -0.4 is 0 Å². The molecule has 142 valence electrons. The number of aryl methyl sites for hydroxylation is 2. The van der Waals surface area contributed by atoms with Gasteiger partial charge in [0, 0.05) is 17.0 Å². The molecule has 1 saturated carbocycles. The molecule has 1 aliphatic heterocycles. The number of nitrogens with zero attached hydrogens (tertiary/aromatic N) is 1. The molecule has 4 rings (SSSR count). The highest BCUT2D eigenvalue weighted by molar-refractivity contribution is 8.00. The lowest BCUT2D eigenvalue weighted by Crippen LogP contribution is -2.47. The van der Waals surface area contributed by atoms with Gasteiger partial charge in [0.15, 0.2) is 9.84 Å². The number of sulfone groups is 1. The number of amides is 1. The Morgan fingerprint density at radius 1 is 1.04 bits per heavy atom. The number of hydrogen-bond acceptors (Lipinski definition) is 4. The first kappa shape index (κ1) is 18.4. The quantitative estimate of drug-likeness (QED) is 0.721. The van der Waals surface area contributed by atoms with Crippen LogP contribution in [-0.2, 0) is 27.5 Å². The fourth-order valence-electron chi connectivity index (χ4n) is 4.74. The number of thioether (sulfide) groups is 1. The molecule has 0 aromatic heterocycles. The van der Waals surface area contributed by atoms with Crippen LogP contribution in [-0.4, -0.2) is 48.6 Å². The first-order valence-electron chi connectivity index (χ1n) is 9.78. The van der Waals surface area contributed by atoms with E-state index in [1.54, 1.807) is 11.8 Å². The fourth-order valence-corrected chi connectivity index (χ4v) is 7.28. The molecular weight excluding hydrogens is 366 g/mol. The van der Waals surface area contributed by atoms with E-state index in [0.717, 1.165) is 37.0 Å². The Kier molecular flexibility index (Phi) is 5.33. The summed E-state index contributed by atoms with van der Waals surface area (Å²) in [6.07, 6.45) is 8.48. The van der Waals surface area contributed by atoms with Gasteiger partial charge in [-0.25, -0.2) is 8.42 Å². The molecular formula is C20H27NO3S2. The van der Waals surface area contributed by atoms with Gasteiger partial charge in [-0.15, -0.1) is 11.8 Å². The van der Waals surface area contributed by atoms with E-state index < -0.39 is 9.84 Å². The lowest BCUT2D eigenvalue weighted by atomic mass is 10.1. The molecule has 2 aliphatic carbocycles. The van der Waals surface area contributed by atoms with Crippen molar-refractivity contribution < 1.29 is 13.2 Å². The number of carbonyl (C=O) groups is 1. The highest BCUT2D eigenvalue weighted by Gasteiger charge is 2.38. The van der Waals surface area contributed by atoms with E-state index in [0.29, 0.717) is 12.2 Å². The normalized spacial score (nSPS) is 24.7. The lowest BCUT2D eigenvalue weighted by Gasteiger charge is -2.34. The van der Waals surface area contributed by atoms with Gasteiger partial charge in [-0.2, -0.15) is 0 Å². The van der Waals surface area contributed by atoms with Crippen LogP contribution in [0.15, 0.2) is 23.1 Å². The Labute approximate surface area is 160 Å². The second-order valence-corrected chi connectivity index (χ2v) is 11.1. The molecule has 0 bridgehead atoms. The summed E-state index contributed by atoms with van der Waals surface area (Å²) in [4.78, 5) is 16.2. The van der Waals surface area contributed by atoms with Crippen LogP contribution in [0.3, 0.4) is 0 Å². The summed E-state index contributed by atoms with van der Waals surface area (Å²) in [7, 11) is -2.98. The van der Waals surface area contributed by atoms with Crippen molar-refractivity contribution in [2.24, 2.45) is 0 Å². The number of hydrogen-bond donors (Lipinski definition) is 0. The molecule has 1 aromatic rings. The molecule has 1 aromatic carbocycles. The summed E-state index contributed by atoms with van der Waals surface area (Å²) in [6, 6.07) is 6.69. The summed E-state index contributed by atoms with van der Waals surface area (Å²) in [5.74, 6) is 0.904. The molecule has 0 spiro atoms. The van der Waals surface area contributed by atoms with Gasteiger partial charge >= 0.3 is 0 Å². The van der Waals surface area contributed by atoms with E-state index in [-0.39, 0.29) is 29.5 Å². The summed E-state index contributed by atoms with van der Waals surface area (Å²) < 4.78 is 23.9. The number of carbonyl (C=O) groups excluding carboxylic acids is 1. The zero-order chi connectivity index (χ0) is 18.1. The number of rotatable bonds is 5. The summed E-state index contributed by atoms with van der Waals surface area (Å²) in [6.45, 7) is 0. The van der Waals surface area contributed by atoms with Crippen LogP contribution in [0.4, 0.5) is 0 Å². The van der Waals surface area contributed by atoms with Crippen LogP contribution in [0.2, 0.25) is 0 Å². The van der Waals surface area contributed by atoms with E-state index in [1.807, 2.05) is 4.90 Å². The molecule has 4 nitrogen and oxygen atoms in total. The van der Waals surface area contributed by atoms with E-state index in [4.69, 9.17) is 0 Å². The van der Waals surface area contributed by atoms with Crippen LogP contribution in [0.25, 0.3) is 0 Å². The number of benzene rings is 1. The van der Waals surface area contributed by atoms with Gasteiger partial charge in [-0.05, 0) is 61.8 Å². The minimum absolute atomic E-state index is 0.115. The van der Waals surface area contributed by atoms with Crippen molar-refractivity contribution >= 4 is 27.5 Å². The zero-order valence-corrected chi connectivity index (χ0v) is 16.8. The van der Waals surface area contributed by atoms with Crippen molar-refractivity contribution in [1.29, 1.82) is 0 Å². The van der Waals surface area contributed by atoms with Gasteiger partial charge in [0.25, 0.3) is 0 Å². The second-order valence-electron chi connectivity index (χ2n) is 7.87. The van der Waals surface area contributed by atoms with Gasteiger partial charge in [-0.1, -0.05) is 18.9 Å². The van der Waals surface area contributed by atoms with Crippen molar-refractivity contribution in [3.63, 3.8) is 0 Å². The Morgan fingerprint density at radius 3 is 2.54 bits per heavy atom. The average molecular weight is 394 g/mol. The smallest absolute Gasteiger partial charge is 0.233 e. The molecule has 0 radical (unpaired) electrons. The average Bonchev–Trinajstić information content (AvgIpc) is 3.34. The van der Waals surface area contributed by atoms with Crippen molar-refractivity contribution in [2.75, 3.05) is 17.3 Å². The second kappa shape index (κ2) is 7.55. The molecule has 1 heterocycles. The Balaban J connectivity index is 1.44. The third-order valence-electron chi connectivity index (χ3n) is 6.04. The Hall–Kier alpha value is -1.01. The minimum atomic E-state index is -2.98. The predicted octanol–water partition coefficient (Wildman–Crippen LogP) is 3.23. The molecule has 1 saturated heterocycles. The predicted molar refractivity (Wildman–Crippen MR) is 105 cm³/mol. The van der Waals surface area contributed by atoms with Crippen LogP contribution in [0, 0.1) is 0 Å². The standard InChI is InChI=1S/C20H27NO3S2/c22-20(13-25-19-9-8-15-4-3-5-16(15)12-19)21(17-6-1-2-7-17)18-10-11-26(23,24)14-18/h8-9,12,17-18H,1-7,10-11,13-14H2/t18-/m1/s1. The minimum Gasteiger partial charge on any atom is -0.335 e. The maximum absolute atomic E-state index is 13.0. The molecule has 3 aliphatic rings. The van der Waals surface area contributed by atoms with Crippen LogP contribution in [0.5, 0.6) is 0 Å². The van der Waals surface area contributed by atoms with Crippen molar-refractivity contribution in [2.45, 2.75) is 68.3 Å². The molecule has 26 heavy (non-hydrogen) atoms. The topological polar surface area (TPSA) is 54.5 Å². The zero-order valence-electron chi connectivity index (χ0n) is 15.2. The lowest BCUT2D eigenvalue weighted by molar-refractivity contribution is -0.132.